The fraction of sp³-hybridized carbons (Fsp3) is 0.438. The maximum atomic E-state index is 11.9. The van der Waals surface area contributed by atoms with Gasteiger partial charge in [-0.1, -0.05) is 36.0 Å². The number of carbonyl (C=O) groups is 1. The van der Waals surface area contributed by atoms with Gasteiger partial charge in [0.05, 0.1) is 4.91 Å². The molecule has 1 nitrogen and oxygen atoms in total. The molecule has 0 bridgehead atoms. The molecule has 0 aromatic carbocycles. The number of allylic oxidation sites excluding steroid dienone is 7. The zero-order valence-corrected chi connectivity index (χ0v) is 11.9. The highest BCUT2D eigenvalue weighted by Gasteiger charge is 2.32. The number of Topliss-reactive ketones (excluding diaryl/α,β-unsaturated/α-hetero) is 1. The van der Waals surface area contributed by atoms with Crippen LogP contribution in [-0.4, -0.2) is 11.0 Å². The first-order valence-electron chi connectivity index (χ1n) is 6.63. The molecule has 0 aromatic heterocycles. The van der Waals surface area contributed by atoms with E-state index in [1.807, 2.05) is 19.9 Å². The monoisotopic (exact) mass is 260 g/mol. The SMILES string of the molecule is C\C=C/C=C(\C=C/C)C1CC2=C(S1)C(=O)CCC2. The van der Waals surface area contributed by atoms with E-state index in [0.29, 0.717) is 11.0 Å². The molecule has 0 saturated carbocycles. The number of hydrogen-bond acceptors (Lipinski definition) is 2. The van der Waals surface area contributed by atoms with E-state index in [4.69, 9.17) is 0 Å². The van der Waals surface area contributed by atoms with Crippen LogP contribution in [0.5, 0.6) is 0 Å². The van der Waals surface area contributed by atoms with Crippen molar-refractivity contribution in [3.05, 3.63) is 46.4 Å². The summed E-state index contributed by atoms with van der Waals surface area (Å²) in [5.41, 5.74) is 2.72. The Kier molecular flexibility index (Phi) is 4.65. The molecule has 1 unspecified atom stereocenters. The fourth-order valence-electron chi connectivity index (χ4n) is 2.49. The summed E-state index contributed by atoms with van der Waals surface area (Å²) in [7, 11) is 0. The number of rotatable bonds is 3. The Bertz CT molecular complexity index is 452. The maximum Gasteiger partial charge on any atom is 0.169 e. The Morgan fingerprint density at radius 3 is 2.78 bits per heavy atom. The van der Waals surface area contributed by atoms with Crippen molar-refractivity contribution in [3.63, 3.8) is 0 Å². The highest BCUT2D eigenvalue weighted by molar-refractivity contribution is 8.05. The van der Waals surface area contributed by atoms with Gasteiger partial charge in [0.1, 0.15) is 0 Å². The summed E-state index contributed by atoms with van der Waals surface area (Å²) in [6, 6.07) is 0. The van der Waals surface area contributed by atoms with Crippen molar-refractivity contribution >= 4 is 17.5 Å². The largest absolute Gasteiger partial charge is 0.294 e. The summed E-state index contributed by atoms with van der Waals surface area (Å²) < 4.78 is 0. The first kappa shape index (κ1) is 13.4. The van der Waals surface area contributed by atoms with E-state index in [2.05, 4.69) is 24.3 Å². The van der Waals surface area contributed by atoms with Crippen LogP contribution in [0, 0.1) is 0 Å². The molecule has 0 fully saturated rings. The van der Waals surface area contributed by atoms with Gasteiger partial charge < -0.3 is 0 Å². The van der Waals surface area contributed by atoms with E-state index in [0.717, 1.165) is 30.6 Å². The fourth-order valence-corrected chi connectivity index (χ4v) is 3.94. The van der Waals surface area contributed by atoms with Gasteiger partial charge in [-0.3, -0.25) is 4.79 Å². The highest BCUT2D eigenvalue weighted by atomic mass is 32.2. The average Bonchev–Trinajstić information content (AvgIpc) is 2.80. The first-order valence-corrected chi connectivity index (χ1v) is 7.51. The third-order valence-electron chi connectivity index (χ3n) is 3.36. The molecule has 1 atom stereocenters. The highest BCUT2D eigenvalue weighted by Crippen LogP contribution is 2.46. The van der Waals surface area contributed by atoms with Gasteiger partial charge in [-0.2, -0.15) is 0 Å². The molecule has 18 heavy (non-hydrogen) atoms. The van der Waals surface area contributed by atoms with Gasteiger partial charge >= 0.3 is 0 Å². The lowest BCUT2D eigenvalue weighted by atomic mass is 9.93. The van der Waals surface area contributed by atoms with Gasteiger partial charge in [-0.05, 0) is 38.7 Å². The molecule has 0 saturated heterocycles. The van der Waals surface area contributed by atoms with Crippen molar-refractivity contribution in [2.24, 2.45) is 0 Å². The van der Waals surface area contributed by atoms with Crippen LogP contribution in [0.1, 0.15) is 39.5 Å². The van der Waals surface area contributed by atoms with Crippen LogP contribution in [0.3, 0.4) is 0 Å². The second-order valence-corrected chi connectivity index (χ2v) is 5.93. The Labute approximate surface area is 114 Å². The van der Waals surface area contributed by atoms with Crippen LogP contribution in [0.4, 0.5) is 0 Å². The van der Waals surface area contributed by atoms with Crippen LogP contribution in [-0.2, 0) is 4.79 Å². The topological polar surface area (TPSA) is 17.1 Å². The summed E-state index contributed by atoms with van der Waals surface area (Å²) in [5, 5.41) is 0.435. The van der Waals surface area contributed by atoms with Crippen molar-refractivity contribution in [1.82, 2.24) is 0 Å². The molecular weight excluding hydrogens is 240 g/mol. The van der Waals surface area contributed by atoms with Crippen molar-refractivity contribution in [1.29, 1.82) is 0 Å². The molecule has 2 aliphatic rings. The molecule has 1 aliphatic heterocycles. The third kappa shape index (κ3) is 2.86. The second kappa shape index (κ2) is 6.24. The molecular formula is C16H20OS. The number of carbonyl (C=O) groups excluding carboxylic acids is 1. The van der Waals surface area contributed by atoms with Crippen molar-refractivity contribution in [3.8, 4) is 0 Å². The summed E-state index contributed by atoms with van der Waals surface area (Å²) in [4.78, 5) is 13.0. The lowest BCUT2D eigenvalue weighted by Crippen LogP contribution is -2.05. The number of thioether (sulfide) groups is 1. The van der Waals surface area contributed by atoms with E-state index in [1.54, 1.807) is 11.8 Å². The summed E-state index contributed by atoms with van der Waals surface area (Å²) in [6.07, 6.45) is 14.5. The number of ketones is 1. The third-order valence-corrected chi connectivity index (χ3v) is 4.84. The van der Waals surface area contributed by atoms with Gasteiger partial charge in [-0.15, -0.1) is 11.8 Å². The normalized spacial score (nSPS) is 25.6. The van der Waals surface area contributed by atoms with Crippen molar-refractivity contribution in [2.45, 2.75) is 44.8 Å². The van der Waals surface area contributed by atoms with E-state index >= 15 is 0 Å². The molecule has 0 spiro atoms. The van der Waals surface area contributed by atoms with Gasteiger partial charge in [0.2, 0.25) is 0 Å². The van der Waals surface area contributed by atoms with Crippen molar-refractivity contribution in [2.75, 3.05) is 0 Å². The first-order chi connectivity index (χ1) is 8.76. The summed E-state index contributed by atoms with van der Waals surface area (Å²) in [5.74, 6) is 0.370. The van der Waals surface area contributed by atoms with Gasteiger partial charge in [0.25, 0.3) is 0 Å². The van der Waals surface area contributed by atoms with Crippen molar-refractivity contribution < 1.29 is 4.79 Å². The zero-order chi connectivity index (χ0) is 13.0. The van der Waals surface area contributed by atoms with Gasteiger partial charge in [0.15, 0.2) is 5.78 Å². The Morgan fingerprint density at radius 1 is 1.28 bits per heavy atom. The predicted octanol–water partition coefficient (Wildman–Crippen LogP) is 4.58. The Morgan fingerprint density at radius 2 is 2.11 bits per heavy atom. The predicted molar refractivity (Wildman–Crippen MR) is 79.6 cm³/mol. The van der Waals surface area contributed by atoms with E-state index in [1.165, 1.54) is 11.1 Å². The Hall–Kier alpha value is -1.02. The van der Waals surface area contributed by atoms with Crippen LogP contribution in [0.15, 0.2) is 46.4 Å². The van der Waals surface area contributed by atoms with Crippen LogP contribution in [0.25, 0.3) is 0 Å². The quantitative estimate of drug-likeness (QED) is 0.691. The Balaban J connectivity index is 2.15. The summed E-state index contributed by atoms with van der Waals surface area (Å²) >= 11 is 1.78. The van der Waals surface area contributed by atoms with E-state index < -0.39 is 0 Å². The molecule has 1 heterocycles. The summed E-state index contributed by atoms with van der Waals surface area (Å²) in [6.45, 7) is 4.07. The van der Waals surface area contributed by atoms with E-state index in [-0.39, 0.29) is 0 Å². The second-order valence-electron chi connectivity index (χ2n) is 4.71. The van der Waals surface area contributed by atoms with E-state index in [9.17, 15) is 4.79 Å². The molecule has 2 heteroatoms. The minimum Gasteiger partial charge on any atom is -0.294 e. The average molecular weight is 260 g/mol. The number of hydrogen-bond donors (Lipinski definition) is 0. The zero-order valence-electron chi connectivity index (χ0n) is 11.1. The smallest absolute Gasteiger partial charge is 0.169 e. The molecule has 96 valence electrons. The van der Waals surface area contributed by atoms with Gasteiger partial charge in [0, 0.05) is 11.7 Å². The lowest BCUT2D eigenvalue weighted by Gasteiger charge is -2.10. The maximum absolute atomic E-state index is 11.9. The van der Waals surface area contributed by atoms with Crippen LogP contribution < -0.4 is 0 Å². The van der Waals surface area contributed by atoms with Gasteiger partial charge in [-0.25, -0.2) is 0 Å². The molecule has 0 amide bonds. The van der Waals surface area contributed by atoms with Crippen LogP contribution >= 0.6 is 11.8 Å². The molecule has 0 aromatic rings. The molecule has 0 N–H and O–H groups in total. The molecule has 1 aliphatic carbocycles. The minimum absolute atomic E-state index is 0.370. The lowest BCUT2D eigenvalue weighted by molar-refractivity contribution is -0.115. The molecule has 2 rings (SSSR count). The standard InChI is InChI=1S/C16H20OS/c1-3-5-8-12(7-4-2)15-11-13-9-6-10-14(17)16(13)18-15/h3-5,7-8,15H,6,9-11H2,1-2H3/b5-3-,7-4-,12-8+. The van der Waals surface area contributed by atoms with Crippen LogP contribution in [0.2, 0.25) is 0 Å². The minimum atomic E-state index is 0.370. The molecule has 0 radical (unpaired) electrons.